The number of nitrogens with zero attached hydrogens (tertiary/aromatic N) is 1. The lowest BCUT2D eigenvalue weighted by Gasteiger charge is -2.04. The second-order valence-corrected chi connectivity index (χ2v) is 3.60. The highest BCUT2D eigenvalue weighted by Gasteiger charge is 2.14. The van der Waals surface area contributed by atoms with E-state index in [1.165, 1.54) is 11.8 Å². The van der Waals surface area contributed by atoms with Crippen molar-refractivity contribution in [2.75, 3.05) is 12.4 Å². The van der Waals surface area contributed by atoms with Crippen molar-refractivity contribution < 1.29 is 9.53 Å². The van der Waals surface area contributed by atoms with Crippen molar-refractivity contribution >= 4 is 22.7 Å². The minimum absolute atomic E-state index is 0.0441. The zero-order valence-corrected chi connectivity index (χ0v) is 7.48. The van der Waals surface area contributed by atoms with E-state index in [0.717, 1.165) is 5.04 Å². The smallest absolute Gasteiger partial charge is 0.256 e. The highest BCUT2D eigenvalue weighted by molar-refractivity contribution is 8.15. The summed E-state index contributed by atoms with van der Waals surface area (Å²) >= 11 is 1.47. The Morgan fingerprint density at radius 2 is 2.45 bits per heavy atom. The van der Waals surface area contributed by atoms with Gasteiger partial charge in [0.05, 0.1) is 18.5 Å². The fraction of sp³-hybridized carbons (Fsp3) is 0.714. The van der Waals surface area contributed by atoms with Crippen molar-refractivity contribution in [3.63, 3.8) is 0 Å². The van der Waals surface area contributed by atoms with Crippen molar-refractivity contribution in [2.45, 2.75) is 20.0 Å². The highest BCUT2D eigenvalue weighted by Crippen LogP contribution is 2.13. The third-order valence-corrected chi connectivity index (χ3v) is 2.09. The Bertz CT molecular complexity index is 189. The summed E-state index contributed by atoms with van der Waals surface area (Å²) in [5.41, 5.74) is 0. The molecule has 11 heavy (non-hydrogen) atoms. The standard InChI is InChI=1S/C7H11NO2S/c1-5(2)10-3-7-8-6(9)4-11-7/h5H,3-4H2,1-2H3. The summed E-state index contributed by atoms with van der Waals surface area (Å²) < 4.78 is 5.27. The van der Waals surface area contributed by atoms with E-state index in [4.69, 9.17) is 4.74 Å². The summed E-state index contributed by atoms with van der Waals surface area (Å²) in [4.78, 5) is 14.4. The molecule has 0 aliphatic carbocycles. The molecule has 0 saturated carbocycles. The molecule has 1 aliphatic heterocycles. The Morgan fingerprint density at radius 3 is 2.91 bits per heavy atom. The van der Waals surface area contributed by atoms with Crippen molar-refractivity contribution in [2.24, 2.45) is 4.99 Å². The second-order valence-electron chi connectivity index (χ2n) is 2.55. The van der Waals surface area contributed by atoms with Gasteiger partial charge in [-0.25, -0.2) is 4.99 Å². The average molecular weight is 173 g/mol. The fourth-order valence-electron chi connectivity index (χ4n) is 0.661. The molecule has 0 aromatic heterocycles. The largest absolute Gasteiger partial charge is 0.372 e. The minimum Gasteiger partial charge on any atom is -0.372 e. The van der Waals surface area contributed by atoms with Crippen LogP contribution < -0.4 is 0 Å². The molecule has 62 valence electrons. The van der Waals surface area contributed by atoms with Crippen LogP contribution >= 0.6 is 11.8 Å². The third-order valence-electron chi connectivity index (χ3n) is 1.15. The molecule has 0 bridgehead atoms. The van der Waals surface area contributed by atoms with Gasteiger partial charge in [-0.1, -0.05) is 11.8 Å². The van der Waals surface area contributed by atoms with Crippen molar-refractivity contribution in [3.8, 4) is 0 Å². The lowest BCUT2D eigenvalue weighted by molar-refractivity contribution is -0.115. The number of hydrogen-bond acceptors (Lipinski definition) is 3. The lowest BCUT2D eigenvalue weighted by Crippen LogP contribution is -2.09. The van der Waals surface area contributed by atoms with Crippen molar-refractivity contribution in [1.29, 1.82) is 0 Å². The maximum atomic E-state index is 10.6. The fourth-order valence-corrected chi connectivity index (χ4v) is 1.33. The van der Waals surface area contributed by atoms with Crippen LogP contribution in [0, 0.1) is 0 Å². The molecule has 3 nitrogen and oxygen atoms in total. The molecular formula is C7H11NO2S. The summed E-state index contributed by atoms with van der Waals surface area (Å²) in [5, 5.41) is 0.809. The molecule has 0 aromatic rings. The van der Waals surface area contributed by atoms with E-state index in [9.17, 15) is 4.79 Å². The summed E-state index contributed by atoms with van der Waals surface area (Å²) in [6.07, 6.45) is 0.203. The molecule has 0 spiro atoms. The number of ether oxygens (including phenoxy) is 1. The SMILES string of the molecule is CC(C)OCC1=NC(=O)CS1. The predicted molar refractivity (Wildman–Crippen MR) is 46.0 cm³/mol. The monoisotopic (exact) mass is 173 g/mol. The normalized spacial score (nSPS) is 17.7. The number of carbonyl (C=O) groups is 1. The van der Waals surface area contributed by atoms with Gasteiger partial charge in [0, 0.05) is 0 Å². The number of amides is 1. The molecule has 1 heterocycles. The first-order chi connectivity index (χ1) is 5.18. The van der Waals surface area contributed by atoms with Crippen LogP contribution in [0.4, 0.5) is 0 Å². The van der Waals surface area contributed by atoms with E-state index in [-0.39, 0.29) is 12.0 Å². The number of carbonyl (C=O) groups excluding carboxylic acids is 1. The predicted octanol–water partition coefficient (Wildman–Crippen LogP) is 1.08. The van der Waals surface area contributed by atoms with Crippen molar-refractivity contribution in [3.05, 3.63) is 0 Å². The van der Waals surface area contributed by atoms with E-state index in [2.05, 4.69) is 4.99 Å². The third kappa shape index (κ3) is 3.03. The van der Waals surface area contributed by atoms with Gasteiger partial charge in [-0.05, 0) is 13.8 Å². The van der Waals surface area contributed by atoms with E-state index in [0.29, 0.717) is 12.4 Å². The number of hydrogen-bond donors (Lipinski definition) is 0. The molecule has 4 heteroatoms. The molecule has 0 unspecified atom stereocenters. The molecular weight excluding hydrogens is 162 g/mol. The summed E-state index contributed by atoms with van der Waals surface area (Å²) in [6.45, 7) is 4.40. The van der Waals surface area contributed by atoms with Crippen LogP contribution in [-0.4, -0.2) is 29.4 Å². The maximum Gasteiger partial charge on any atom is 0.256 e. The Kier molecular flexibility index (Phi) is 3.08. The Balaban J connectivity index is 2.27. The van der Waals surface area contributed by atoms with Gasteiger partial charge in [0.15, 0.2) is 0 Å². The molecule has 0 fully saturated rings. The quantitative estimate of drug-likeness (QED) is 0.641. The van der Waals surface area contributed by atoms with Crippen LogP contribution in [-0.2, 0) is 9.53 Å². The Labute approximate surface area is 70.2 Å². The topological polar surface area (TPSA) is 38.7 Å². The van der Waals surface area contributed by atoms with Crippen LogP contribution in [0.15, 0.2) is 4.99 Å². The second kappa shape index (κ2) is 3.88. The lowest BCUT2D eigenvalue weighted by atomic mass is 10.5. The zero-order chi connectivity index (χ0) is 8.27. The van der Waals surface area contributed by atoms with Crippen LogP contribution in [0.3, 0.4) is 0 Å². The number of thioether (sulfide) groups is 1. The zero-order valence-electron chi connectivity index (χ0n) is 6.66. The van der Waals surface area contributed by atoms with Gasteiger partial charge in [-0.3, -0.25) is 4.79 Å². The molecule has 1 amide bonds. The summed E-state index contributed by atoms with van der Waals surface area (Å²) in [6, 6.07) is 0. The summed E-state index contributed by atoms with van der Waals surface area (Å²) in [7, 11) is 0. The van der Waals surface area contributed by atoms with Gasteiger partial charge in [0.2, 0.25) is 0 Å². The maximum absolute atomic E-state index is 10.6. The van der Waals surface area contributed by atoms with E-state index < -0.39 is 0 Å². The van der Waals surface area contributed by atoms with Crippen LogP contribution in [0.5, 0.6) is 0 Å². The first kappa shape index (κ1) is 8.74. The molecule has 0 atom stereocenters. The first-order valence-corrected chi connectivity index (χ1v) is 4.52. The molecule has 0 radical (unpaired) electrons. The molecule has 0 aromatic carbocycles. The Morgan fingerprint density at radius 1 is 1.73 bits per heavy atom. The minimum atomic E-state index is -0.0441. The van der Waals surface area contributed by atoms with E-state index in [1.807, 2.05) is 13.8 Å². The van der Waals surface area contributed by atoms with Gasteiger partial charge in [0.25, 0.3) is 5.91 Å². The highest BCUT2D eigenvalue weighted by atomic mass is 32.2. The molecule has 1 rings (SSSR count). The van der Waals surface area contributed by atoms with Gasteiger partial charge in [0.1, 0.15) is 5.04 Å². The van der Waals surface area contributed by atoms with Gasteiger partial charge < -0.3 is 4.74 Å². The molecule has 1 aliphatic rings. The van der Waals surface area contributed by atoms with Crippen molar-refractivity contribution in [1.82, 2.24) is 0 Å². The van der Waals surface area contributed by atoms with Crippen LogP contribution in [0.25, 0.3) is 0 Å². The Hall–Kier alpha value is -0.350. The average Bonchev–Trinajstić information content (AvgIpc) is 2.31. The van der Waals surface area contributed by atoms with Gasteiger partial charge >= 0.3 is 0 Å². The number of aliphatic imine (C=N–C) groups is 1. The van der Waals surface area contributed by atoms with E-state index in [1.54, 1.807) is 0 Å². The van der Waals surface area contributed by atoms with Gasteiger partial charge in [-0.2, -0.15) is 0 Å². The number of rotatable bonds is 3. The molecule has 0 N–H and O–H groups in total. The van der Waals surface area contributed by atoms with E-state index >= 15 is 0 Å². The molecule has 0 saturated heterocycles. The van der Waals surface area contributed by atoms with Crippen LogP contribution in [0.2, 0.25) is 0 Å². The first-order valence-electron chi connectivity index (χ1n) is 3.53. The summed E-state index contributed by atoms with van der Waals surface area (Å²) in [5.74, 6) is 0.439. The van der Waals surface area contributed by atoms with Crippen LogP contribution in [0.1, 0.15) is 13.8 Å². The van der Waals surface area contributed by atoms with Gasteiger partial charge in [-0.15, -0.1) is 0 Å².